The van der Waals surface area contributed by atoms with E-state index in [0.29, 0.717) is 0 Å². The third-order valence-corrected chi connectivity index (χ3v) is 2.30. The minimum absolute atomic E-state index is 0.101. The second-order valence-corrected chi connectivity index (χ2v) is 3.29. The van der Waals surface area contributed by atoms with Crippen molar-refractivity contribution < 1.29 is 23.0 Å². The Labute approximate surface area is 91.0 Å². The standard InChI is InChI=1S/C7H6BrF3N2O2/c8-5-3(1-12)4(14)2-13-6(5)15-7(9,10)11/h2,14H,1,12H2. The maximum atomic E-state index is 11.9. The molecule has 1 rings (SSSR count). The quantitative estimate of drug-likeness (QED) is 0.871. The van der Waals surface area contributed by atoms with Crippen LogP contribution >= 0.6 is 15.9 Å². The molecule has 1 aromatic heterocycles. The Morgan fingerprint density at radius 3 is 2.60 bits per heavy atom. The zero-order chi connectivity index (χ0) is 11.6. The second kappa shape index (κ2) is 4.23. The van der Waals surface area contributed by atoms with E-state index in [2.05, 4.69) is 25.7 Å². The summed E-state index contributed by atoms with van der Waals surface area (Å²) in [6.07, 6.45) is -3.99. The van der Waals surface area contributed by atoms with E-state index < -0.39 is 12.2 Å². The van der Waals surface area contributed by atoms with Gasteiger partial charge in [0.1, 0.15) is 5.75 Å². The van der Waals surface area contributed by atoms with Crippen molar-refractivity contribution in [2.45, 2.75) is 12.9 Å². The van der Waals surface area contributed by atoms with E-state index >= 15 is 0 Å². The highest BCUT2D eigenvalue weighted by molar-refractivity contribution is 9.10. The normalized spacial score (nSPS) is 11.5. The van der Waals surface area contributed by atoms with Gasteiger partial charge in [0.05, 0.1) is 10.7 Å². The molecular formula is C7H6BrF3N2O2. The van der Waals surface area contributed by atoms with E-state index in [1.54, 1.807) is 0 Å². The molecule has 3 N–H and O–H groups in total. The van der Waals surface area contributed by atoms with Crippen molar-refractivity contribution in [2.75, 3.05) is 0 Å². The zero-order valence-electron chi connectivity index (χ0n) is 7.18. The molecule has 8 heteroatoms. The Morgan fingerprint density at radius 1 is 1.53 bits per heavy atom. The molecule has 0 aliphatic rings. The third-order valence-electron chi connectivity index (χ3n) is 1.48. The molecule has 84 valence electrons. The number of rotatable bonds is 2. The van der Waals surface area contributed by atoms with Gasteiger partial charge in [0, 0.05) is 12.1 Å². The smallest absolute Gasteiger partial charge is 0.506 e. The molecule has 1 aromatic rings. The first-order valence-corrected chi connectivity index (χ1v) is 4.46. The first kappa shape index (κ1) is 12.1. The average Bonchev–Trinajstić information content (AvgIpc) is 2.09. The maximum Gasteiger partial charge on any atom is 0.574 e. The van der Waals surface area contributed by atoms with E-state index in [9.17, 15) is 18.3 Å². The number of nitrogens with two attached hydrogens (primary N) is 1. The van der Waals surface area contributed by atoms with E-state index in [0.717, 1.165) is 6.20 Å². The van der Waals surface area contributed by atoms with Crippen molar-refractivity contribution in [1.82, 2.24) is 4.98 Å². The Kier molecular flexibility index (Phi) is 3.40. The Balaban J connectivity index is 3.11. The Bertz CT molecular complexity index is 370. The molecular weight excluding hydrogens is 281 g/mol. The number of aromatic nitrogens is 1. The number of ether oxygens (including phenoxy) is 1. The molecule has 0 fully saturated rings. The van der Waals surface area contributed by atoms with Gasteiger partial charge >= 0.3 is 6.36 Å². The zero-order valence-corrected chi connectivity index (χ0v) is 8.76. The Hall–Kier alpha value is -1.02. The van der Waals surface area contributed by atoms with Crippen LogP contribution in [0.5, 0.6) is 11.6 Å². The summed E-state index contributed by atoms with van der Waals surface area (Å²) in [4.78, 5) is 3.28. The highest BCUT2D eigenvalue weighted by Crippen LogP contribution is 2.34. The van der Waals surface area contributed by atoms with Crippen LogP contribution in [0.1, 0.15) is 5.56 Å². The molecule has 0 spiro atoms. The number of pyridine rings is 1. The van der Waals surface area contributed by atoms with E-state index in [1.165, 1.54) is 0 Å². The van der Waals surface area contributed by atoms with Gasteiger partial charge < -0.3 is 15.6 Å². The van der Waals surface area contributed by atoms with Crippen LogP contribution in [0, 0.1) is 0 Å². The molecule has 0 saturated heterocycles. The average molecular weight is 287 g/mol. The molecule has 0 aromatic carbocycles. The van der Waals surface area contributed by atoms with Crippen molar-refractivity contribution in [3.05, 3.63) is 16.2 Å². The molecule has 4 nitrogen and oxygen atoms in total. The fraction of sp³-hybridized carbons (Fsp3) is 0.286. The van der Waals surface area contributed by atoms with E-state index in [4.69, 9.17) is 5.73 Å². The van der Waals surface area contributed by atoms with Gasteiger partial charge in [-0.2, -0.15) is 0 Å². The fourth-order valence-electron chi connectivity index (χ4n) is 0.871. The minimum Gasteiger partial charge on any atom is -0.506 e. The number of aromatic hydroxyl groups is 1. The van der Waals surface area contributed by atoms with Gasteiger partial charge in [0.15, 0.2) is 0 Å². The highest BCUT2D eigenvalue weighted by atomic mass is 79.9. The monoisotopic (exact) mass is 286 g/mol. The summed E-state index contributed by atoms with van der Waals surface area (Å²) in [6.45, 7) is -0.136. The second-order valence-electron chi connectivity index (χ2n) is 2.49. The fourth-order valence-corrected chi connectivity index (χ4v) is 1.42. The summed E-state index contributed by atoms with van der Waals surface area (Å²) in [5.74, 6) is -0.973. The molecule has 0 saturated carbocycles. The van der Waals surface area contributed by atoms with Crippen molar-refractivity contribution in [3.8, 4) is 11.6 Å². The summed E-state index contributed by atoms with van der Waals surface area (Å²) >= 11 is 2.82. The van der Waals surface area contributed by atoms with Gasteiger partial charge in [0.25, 0.3) is 0 Å². The molecule has 0 radical (unpaired) electrons. The SMILES string of the molecule is NCc1c(O)cnc(OC(F)(F)F)c1Br. The number of hydrogen-bond acceptors (Lipinski definition) is 4. The van der Waals surface area contributed by atoms with Crippen LogP contribution in [-0.2, 0) is 6.54 Å². The van der Waals surface area contributed by atoms with Crippen LogP contribution in [0.15, 0.2) is 10.7 Å². The number of hydrogen-bond donors (Lipinski definition) is 2. The van der Waals surface area contributed by atoms with Gasteiger partial charge in [0.2, 0.25) is 5.88 Å². The lowest BCUT2D eigenvalue weighted by molar-refractivity contribution is -0.276. The van der Waals surface area contributed by atoms with Crippen LogP contribution in [0.2, 0.25) is 0 Å². The van der Waals surface area contributed by atoms with Crippen LogP contribution < -0.4 is 10.5 Å². The lowest BCUT2D eigenvalue weighted by Crippen LogP contribution is -2.18. The Morgan fingerprint density at radius 2 is 2.13 bits per heavy atom. The first-order chi connectivity index (χ1) is 6.85. The summed E-state index contributed by atoms with van der Waals surface area (Å²) in [6, 6.07) is 0. The number of nitrogens with zero attached hydrogens (tertiary/aromatic N) is 1. The van der Waals surface area contributed by atoms with Gasteiger partial charge in [-0.25, -0.2) is 4.98 Å². The lowest BCUT2D eigenvalue weighted by Gasteiger charge is -2.12. The van der Waals surface area contributed by atoms with Gasteiger partial charge in [-0.05, 0) is 15.9 Å². The van der Waals surface area contributed by atoms with Crippen LogP contribution in [0.4, 0.5) is 13.2 Å². The minimum atomic E-state index is -4.83. The van der Waals surface area contributed by atoms with Gasteiger partial charge in [-0.3, -0.25) is 0 Å². The molecule has 0 aliphatic heterocycles. The van der Waals surface area contributed by atoms with Crippen molar-refractivity contribution in [2.24, 2.45) is 5.73 Å². The largest absolute Gasteiger partial charge is 0.574 e. The summed E-state index contributed by atoms with van der Waals surface area (Å²) in [5, 5.41) is 9.20. The number of halogens is 4. The van der Waals surface area contributed by atoms with Crippen molar-refractivity contribution in [1.29, 1.82) is 0 Å². The third kappa shape index (κ3) is 2.96. The molecule has 0 unspecified atom stereocenters. The molecule has 15 heavy (non-hydrogen) atoms. The molecule has 0 atom stereocenters. The summed E-state index contributed by atoms with van der Waals surface area (Å²) in [5.41, 5.74) is 5.33. The predicted octanol–water partition coefficient (Wildman–Crippen LogP) is 1.91. The lowest BCUT2D eigenvalue weighted by atomic mass is 10.2. The molecule has 0 bridgehead atoms. The van der Waals surface area contributed by atoms with E-state index in [1.807, 2.05) is 0 Å². The first-order valence-electron chi connectivity index (χ1n) is 3.67. The van der Waals surface area contributed by atoms with Crippen LogP contribution in [0.3, 0.4) is 0 Å². The van der Waals surface area contributed by atoms with Crippen LogP contribution in [0.25, 0.3) is 0 Å². The molecule has 0 amide bonds. The summed E-state index contributed by atoms with van der Waals surface area (Å²) < 4.78 is 39.1. The predicted molar refractivity (Wildman–Crippen MR) is 48.2 cm³/mol. The van der Waals surface area contributed by atoms with Crippen molar-refractivity contribution >= 4 is 15.9 Å². The summed E-state index contributed by atoms with van der Waals surface area (Å²) in [7, 11) is 0. The topological polar surface area (TPSA) is 68.4 Å². The maximum absolute atomic E-state index is 11.9. The molecule has 1 heterocycles. The molecule has 0 aliphatic carbocycles. The van der Waals surface area contributed by atoms with Crippen molar-refractivity contribution in [3.63, 3.8) is 0 Å². The highest BCUT2D eigenvalue weighted by Gasteiger charge is 2.33. The van der Waals surface area contributed by atoms with Crippen LogP contribution in [-0.4, -0.2) is 16.5 Å². The van der Waals surface area contributed by atoms with Gasteiger partial charge in [-0.1, -0.05) is 0 Å². The van der Waals surface area contributed by atoms with Gasteiger partial charge in [-0.15, -0.1) is 13.2 Å². The number of alkyl halides is 3. The van der Waals surface area contributed by atoms with E-state index in [-0.39, 0.29) is 22.3 Å².